The van der Waals surface area contributed by atoms with Gasteiger partial charge in [-0.05, 0) is 25.5 Å². The van der Waals surface area contributed by atoms with E-state index in [1.807, 2.05) is 6.92 Å². The zero-order chi connectivity index (χ0) is 12.0. The number of ether oxygens (including phenoxy) is 1. The van der Waals surface area contributed by atoms with Gasteiger partial charge >= 0.3 is 5.97 Å². The highest BCUT2D eigenvalue weighted by Gasteiger charge is 2.09. The summed E-state index contributed by atoms with van der Waals surface area (Å²) in [5, 5.41) is 4.16. The average Bonchev–Trinajstić information content (AvgIpc) is 2.64. The molecule has 1 aromatic heterocycles. The molecule has 0 bridgehead atoms. The van der Waals surface area contributed by atoms with Crippen LogP contribution in [0.4, 0.5) is 0 Å². The molecule has 0 spiro atoms. The fourth-order valence-corrected chi connectivity index (χ4v) is 1.68. The van der Waals surface area contributed by atoms with Gasteiger partial charge in [0.15, 0.2) is 0 Å². The van der Waals surface area contributed by atoms with Crippen LogP contribution >= 0.6 is 11.3 Å². The molecule has 0 fully saturated rings. The lowest BCUT2D eigenvalue weighted by Crippen LogP contribution is -2.05. The molecule has 0 radical (unpaired) electrons. The molecular formula is C9H10N4O2S. The first-order valence-electron chi connectivity index (χ1n) is 4.53. The maximum absolute atomic E-state index is 11.4. The first kappa shape index (κ1) is 12.2. The van der Waals surface area contributed by atoms with Gasteiger partial charge in [-0.3, -0.25) is 0 Å². The fourth-order valence-electron chi connectivity index (χ4n) is 0.961. The van der Waals surface area contributed by atoms with Crippen molar-refractivity contribution in [3.8, 4) is 0 Å². The Labute approximate surface area is 96.2 Å². The van der Waals surface area contributed by atoms with Gasteiger partial charge < -0.3 is 4.74 Å². The predicted molar refractivity (Wildman–Crippen MR) is 60.6 cm³/mol. The number of azide groups is 1. The fraction of sp³-hybridized carbons (Fsp3) is 0.333. The molecule has 1 aromatic rings. The number of aryl methyl sites for hydroxylation is 1. The summed E-state index contributed by atoms with van der Waals surface area (Å²) in [5.74, 6) is -0.633. The van der Waals surface area contributed by atoms with Gasteiger partial charge in [-0.2, -0.15) is 0 Å². The normalized spacial score (nSPS) is 10.8. The lowest BCUT2D eigenvalue weighted by atomic mass is 10.4. The van der Waals surface area contributed by atoms with E-state index in [4.69, 9.17) is 10.3 Å². The number of thiazole rings is 1. The molecular weight excluding hydrogens is 228 g/mol. The Morgan fingerprint density at radius 2 is 2.56 bits per heavy atom. The molecule has 0 aliphatic rings. The second-order valence-electron chi connectivity index (χ2n) is 2.72. The molecule has 6 nitrogen and oxygen atoms in total. The van der Waals surface area contributed by atoms with Crippen molar-refractivity contribution in [2.24, 2.45) is 5.11 Å². The summed E-state index contributed by atoms with van der Waals surface area (Å²) in [7, 11) is 0. The van der Waals surface area contributed by atoms with E-state index >= 15 is 0 Å². The molecule has 0 aliphatic heterocycles. The minimum absolute atomic E-state index is 0.0620. The number of hydrogen-bond donors (Lipinski definition) is 0. The molecule has 16 heavy (non-hydrogen) atoms. The van der Waals surface area contributed by atoms with Crippen molar-refractivity contribution in [3.05, 3.63) is 32.2 Å². The van der Waals surface area contributed by atoms with Crippen molar-refractivity contribution in [2.75, 3.05) is 6.61 Å². The summed E-state index contributed by atoms with van der Waals surface area (Å²) in [6, 6.07) is 0. The zero-order valence-corrected chi connectivity index (χ0v) is 9.69. The van der Waals surface area contributed by atoms with Crippen LogP contribution < -0.4 is 0 Å². The van der Waals surface area contributed by atoms with Crippen molar-refractivity contribution in [1.82, 2.24) is 4.98 Å². The summed E-state index contributed by atoms with van der Waals surface area (Å²) >= 11 is 1.40. The van der Waals surface area contributed by atoms with Gasteiger partial charge in [-0.25, -0.2) is 9.78 Å². The molecule has 0 N–H and O–H groups in total. The average molecular weight is 238 g/mol. The molecule has 7 heteroatoms. The third-order valence-electron chi connectivity index (χ3n) is 1.56. The largest absolute Gasteiger partial charge is 0.462 e. The highest BCUT2D eigenvalue weighted by Crippen LogP contribution is 2.16. The van der Waals surface area contributed by atoms with Crippen LogP contribution in [0.1, 0.15) is 16.8 Å². The van der Waals surface area contributed by atoms with Crippen LogP contribution in [0.2, 0.25) is 0 Å². The van der Waals surface area contributed by atoms with Crippen molar-refractivity contribution in [2.45, 2.75) is 13.8 Å². The topological polar surface area (TPSA) is 88.0 Å². The molecule has 1 heterocycles. The van der Waals surface area contributed by atoms with E-state index in [2.05, 4.69) is 15.0 Å². The Morgan fingerprint density at radius 1 is 1.81 bits per heavy atom. The Hall–Kier alpha value is -1.85. The lowest BCUT2D eigenvalue weighted by molar-refractivity contribution is -0.138. The van der Waals surface area contributed by atoms with Crippen molar-refractivity contribution >= 4 is 23.4 Å². The Morgan fingerprint density at radius 3 is 3.06 bits per heavy atom. The molecule has 1 rings (SSSR count). The van der Waals surface area contributed by atoms with Gasteiger partial charge in [-0.15, -0.1) is 11.3 Å². The number of hydrogen-bond acceptors (Lipinski definition) is 5. The van der Waals surface area contributed by atoms with E-state index in [0.29, 0.717) is 0 Å². The maximum Gasteiger partial charge on any atom is 0.340 e. The smallest absolute Gasteiger partial charge is 0.340 e. The van der Waals surface area contributed by atoms with Crippen LogP contribution in [0.5, 0.6) is 0 Å². The van der Waals surface area contributed by atoms with Crippen LogP contribution in [0.15, 0.2) is 17.0 Å². The Balaban J connectivity index is 2.97. The van der Waals surface area contributed by atoms with Gasteiger partial charge in [0.1, 0.15) is 5.70 Å². The van der Waals surface area contributed by atoms with Crippen molar-refractivity contribution in [1.29, 1.82) is 0 Å². The van der Waals surface area contributed by atoms with E-state index < -0.39 is 5.97 Å². The molecule has 0 unspecified atom stereocenters. The minimum Gasteiger partial charge on any atom is -0.462 e. The van der Waals surface area contributed by atoms with Gasteiger partial charge in [0, 0.05) is 16.0 Å². The predicted octanol–water partition coefficient (Wildman–Crippen LogP) is 2.67. The monoisotopic (exact) mass is 238 g/mol. The van der Waals surface area contributed by atoms with Gasteiger partial charge in [0.05, 0.1) is 11.6 Å². The maximum atomic E-state index is 11.4. The highest BCUT2D eigenvalue weighted by molar-refractivity contribution is 7.12. The summed E-state index contributed by atoms with van der Waals surface area (Å²) in [6.45, 7) is 3.76. The van der Waals surface area contributed by atoms with E-state index in [0.717, 1.165) is 9.88 Å². The van der Waals surface area contributed by atoms with E-state index in [1.54, 1.807) is 13.1 Å². The van der Waals surface area contributed by atoms with E-state index in [9.17, 15) is 4.79 Å². The van der Waals surface area contributed by atoms with Gasteiger partial charge in [0.25, 0.3) is 0 Å². The molecule has 0 aromatic carbocycles. The quantitative estimate of drug-likeness (QED) is 0.265. The molecule has 84 valence electrons. The Bertz CT molecular complexity index is 460. The summed E-state index contributed by atoms with van der Waals surface area (Å²) in [5.41, 5.74) is 8.27. The van der Waals surface area contributed by atoms with Crippen LogP contribution in [0, 0.1) is 6.92 Å². The zero-order valence-electron chi connectivity index (χ0n) is 8.88. The molecule has 0 atom stereocenters. The highest BCUT2D eigenvalue weighted by atomic mass is 32.1. The summed E-state index contributed by atoms with van der Waals surface area (Å²) in [6.07, 6.45) is 3.06. The SMILES string of the molecule is CCOC(=O)C(=Cc1cnc(C)s1)N=[N+]=[N-]. The minimum atomic E-state index is -0.633. The van der Waals surface area contributed by atoms with Crippen LogP contribution in [-0.4, -0.2) is 17.6 Å². The second-order valence-corrected chi connectivity index (χ2v) is 3.99. The first-order valence-corrected chi connectivity index (χ1v) is 5.35. The van der Waals surface area contributed by atoms with Gasteiger partial charge in [0.2, 0.25) is 0 Å². The number of aromatic nitrogens is 1. The number of nitrogens with zero attached hydrogens (tertiary/aromatic N) is 4. The van der Waals surface area contributed by atoms with E-state index in [1.165, 1.54) is 17.4 Å². The third-order valence-corrected chi connectivity index (χ3v) is 2.41. The second kappa shape index (κ2) is 5.89. The molecule has 0 saturated heterocycles. The third kappa shape index (κ3) is 3.38. The van der Waals surface area contributed by atoms with E-state index in [-0.39, 0.29) is 12.3 Å². The molecule has 0 amide bonds. The number of rotatable bonds is 4. The van der Waals surface area contributed by atoms with Crippen molar-refractivity contribution in [3.63, 3.8) is 0 Å². The summed E-state index contributed by atoms with van der Waals surface area (Å²) < 4.78 is 4.75. The number of carbonyl (C=O) groups is 1. The van der Waals surface area contributed by atoms with Crippen molar-refractivity contribution < 1.29 is 9.53 Å². The van der Waals surface area contributed by atoms with Crippen LogP contribution in [0.3, 0.4) is 0 Å². The number of carbonyl (C=O) groups excluding carboxylic acids is 1. The van der Waals surface area contributed by atoms with Crippen LogP contribution in [-0.2, 0) is 9.53 Å². The Kier molecular flexibility index (Phi) is 4.50. The standard InChI is InChI=1S/C9H10N4O2S/c1-3-15-9(14)8(12-13-10)4-7-5-11-6(2)16-7/h4-5H,3H2,1-2H3. The summed E-state index contributed by atoms with van der Waals surface area (Å²) in [4.78, 5) is 18.7. The number of esters is 1. The molecule has 0 aliphatic carbocycles. The first-order chi connectivity index (χ1) is 7.67. The molecule has 0 saturated carbocycles. The lowest BCUT2D eigenvalue weighted by Gasteiger charge is -1.99. The van der Waals surface area contributed by atoms with Gasteiger partial charge in [-0.1, -0.05) is 5.11 Å². The van der Waals surface area contributed by atoms with Crippen LogP contribution in [0.25, 0.3) is 16.5 Å².